The molecule has 2 heteroatoms. The summed E-state index contributed by atoms with van der Waals surface area (Å²) in [6.07, 6.45) is 3.20. The molecule has 0 aromatic heterocycles. The van der Waals surface area contributed by atoms with Gasteiger partial charge in [0.05, 0.1) is 12.7 Å². The van der Waals surface area contributed by atoms with Gasteiger partial charge in [0.15, 0.2) is 0 Å². The molecule has 1 fully saturated rings. The molecular formula is C7H12O2. The van der Waals surface area contributed by atoms with Crippen LogP contribution in [0.1, 0.15) is 13.3 Å². The van der Waals surface area contributed by atoms with Crippen LogP contribution in [-0.2, 0) is 4.74 Å². The molecule has 2 nitrogen and oxygen atoms in total. The molecule has 1 saturated heterocycles. The topological polar surface area (TPSA) is 32.8 Å². The monoisotopic (exact) mass is 128 g/mol. The van der Waals surface area contributed by atoms with Gasteiger partial charge >= 0.3 is 0 Å². The Morgan fingerprint density at radius 3 is 3.00 bits per heavy atom. The minimum atomic E-state index is 0.245. The molecule has 1 aliphatic rings. The van der Waals surface area contributed by atoms with Crippen molar-refractivity contribution in [3.05, 3.63) is 11.6 Å². The highest BCUT2D eigenvalue weighted by molar-refractivity contribution is 5.05. The van der Waals surface area contributed by atoms with E-state index in [0.29, 0.717) is 6.10 Å². The number of ether oxygens (including phenoxy) is 1. The van der Waals surface area contributed by atoms with E-state index >= 15 is 0 Å². The molecule has 0 spiro atoms. The first-order chi connectivity index (χ1) is 4.33. The Morgan fingerprint density at radius 2 is 2.56 bits per heavy atom. The quantitative estimate of drug-likeness (QED) is 0.448. The summed E-state index contributed by atoms with van der Waals surface area (Å²) in [5, 5.41) is 8.49. The van der Waals surface area contributed by atoms with Gasteiger partial charge in [0.1, 0.15) is 0 Å². The van der Waals surface area contributed by atoms with Crippen LogP contribution in [-0.4, -0.2) is 24.4 Å². The van der Waals surface area contributed by atoms with Crippen molar-refractivity contribution in [2.45, 2.75) is 19.4 Å². The van der Waals surface area contributed by atoms with Gasteiger partial charge in [-0.2, -0.15) is 0 Å². The molecule has 0 aromatic rings. The van der Waals surface area contributed by atoms with Crippen LogP contribution in [0.15, 0.2) is 11.6 Å². The van der Waals surface area contributed by atoms with Gasteiger partial charge < -0.3 is 9.84 Å². The highest BCUT2D eigenvalue weighted by Crippen LogP contribution is 2.13. The summed E-state index contributed by atoms with van der Waals surface area (Å²) in [4.78, 5) is 0. The summed E-state index contributed by atoms with van der Waals surface area (Å²) in [5.41, 5.74) is 1.22. The standard InChI is InChI=1S/C7H12O2/c1-6(2-3-8)4-7-5-9-7/h4,7-8H,2-3,5H2,1H3. The molecule has 0 saturated carbocycles. The van der Waals surface area contributed by atoms with Crippen LogP contribution in [0.4, 0.5) is 0 Å². The normalized spacial score (nSPS) is 26.4. The number of aliphatic hydroxyl groups excluding tert-OH is 1. The van der Waals surface area contributed by atoms with Gasteiger partial charge in [0, 0.05) is 6.61 Å². The van der Waals surface area contributed by atoms with E-state index in [1.54, 1.807) is 0 Å². The number of epoxide rings is 1. The lowest BCUT2D eigenvalue weighted by molar-refractivity contribution is 0.299. The summed E-state index contributed by atoms with van der Waals surface area (Å²) in [6, 6.07) is 0. The van der Waals surface area contributed by atoms with E-state index < -0.39 is 0 Å². The van der Waals surface area contributed by atoms with Gasteiger partial charge in [-0.3, -0.25) is 0 Å². The molecule has 0 radical (unpaired) electrons. The van der Waals surface area contributed by atoms with Gasteiger partial charge in [-0.15, -0.1) is 0 Å². The lowest BCUT2D eigenvalue weighted by Gasteiger charge is -1.92. The number of aliphatic hydroxyl groups is 1. The van der Waals surface area contributed by atoms with Gasteiger partial charge in [-0.1, -0.05) is 11.6 Å². The summed E-state index contributed by atoms with van der Waals surface area (Å²) in [5.74, 6) is 0. The third kappa shape index (κ3) is 2.63. The molecule has 1 atom stereocenters. The molecular weight excluding hydrogens is 116 g/mol. The van der Waals surface area contributed by atoms with E-state index in [1.165, 1.54) is 5.57 Å². The molecule has 0 amide bonds. The molecule has 1 aliphatic heterocycles. The average molecular weight is 128 g/mol. The SMILES string of the molecule is CC(=CC1CO1)CCO. The zero-order chi connectivity index (χ0) is 6.69. The van der Waals surface area contributed by atoms with E-state index in [0.717, 1.165) is 13.0 Å². The van der Waals surface area contributed by atoms with E-state index in [-0.39, 0.29) is 6.61 Å². The van der Waals surface area contributed by atoms with E-state index in [9.17, 15) is 0 Å². The third-order valence-corrected chi connectivity index (χ3v) is 1.34. The summed E-state index contributed by atoms with van der Waals surface area (Å²) < 4.78 is 4.97. The third-order valence-electron chi connectivity index (χ3n) is 1.34. The fraction of sp³-hybridized carbons (Fsp3) is 0.714. The lowest BCUT2D eigenvalue weighted by Crippen LogP contribution is -1.86. The zero-order valence-corrected chi connectivity index (χ0v) is 5.63. The van der Waals surface area contributed by atoms with Crippen LogP contribution in [0.2, 0.25) is 0 Å². The Bertz CT molecular complexity index is 114. The predicted octanol–water partition coefficient (Wildman–Crippen LogP) is 0.714. The largest absolute Gasteiger partial charge is 0.396 e. The van der Waals surface area contributed by atoms with E-state index in [2.05, 4.69) is 6.08 Å². The first kappa shape index (κ1) is 6.78. The van der Waals surface area contributed by atoms with Crippen LogP contribution < -0.4 is 0 Å². The minimum Gasteiger partial charge on any atom is -0.396 e. The molecule has 1 N–H and O–H groups in total. The number of rotatable bonds is 3. The Morgan fingerprint density at radius 1 is 1.89 bits per heavy atom. The maximum absolute atomic E-state index is 8.49. The van der Waals surface area contributed by atoms with Gasteiger partial charge in [0.2, 0.25) is 0 Å². The van der Waals surface area contributed by atoms with Crippen LogP contribution in [0, 0.1) is 0 Å². The smallest absolute Gasteiger partial charge is 0.0993 e. The Labute approximate surface area is 55.1 Å². The number of hydrogen-bond acceptors (Lipinski definition) is 2. The van der Waals surface area contributed by atoms with Crippen molar-refractivity contribution in [3.63, 3.8) is 0 Å². The van der Waals surface area contributed by atoms with E-state index in [4.69, 9.17) is 9.84 Å². The molecule has 9 heavy (non-hydrogen) atoms. The second-order valence-corrected chi connectivity index (χ2v) is 2.36. The molecule has 1 rings (SSSR count). The molecule has 1 heterocycles. The number of hydrogen-bond donors (Lipinski definition) is 1. The van der Waals surface area contributed by atoms with Crippen LogP contribution in [0.3, 0.4) is 0 Å². The average Bonchev–Trinajstić information content (AvgIpc) is 2.50. The van der Waals surface area contributed by atoms with Crippen molar-refractivity contribution < 1.29 is 9.84 Å². The molecule has 1 unspecified atom stereocenters. The first-order valence-corrected chi connectivity index (χ1v) is 3.22. The summed E-state index contributed by atoms with van der Waals surface area (Å²) in [6.45, 7) is 3.12. The molecule has 52 valence electrons. The Hall–Kier alpha value is -0.340. The van der Waals surface area contributed by atoms with Gasteiger partial charge in [-0.05, 0) is 13.3 Å². The van der Waals surface area contributed by atoms with Crippen LogP contribution in [0.25, 0.3) is 0 Å². The maximum Gasteiger partial charge on any atom is 0.0993 e. The maximum atomic E-state index is 8.49. The Balaban J connectivity index is 2.20. The van der Waals surface area contributed by atoms with Crippen molar-refractivity contribution in [2.75, 3.05) is 13.2 Å². The highest BCUT2D eigenvalue weighted by atomic mass is 16.6. The van der Waals surface area contributed by atoms with Crippen molar-refractivity contribution in [3.8, 4) is 0 Å². The zero-order valence-electron chi connectivity index (χ0n) is 5.63. The van der Waals surface area contributed by atoms with Crippen LogP contribution in [0.5, 0.6) is 0 Å². The first-order valence-electron chi connectivity index (χ1n) is 3.22. The van der Waals surface area contributed by atoms with E-state index in [1.807, 2.05) is 6.92 Å². The summed E-state index contributed by atoms with van der Waals surface area (Å²) >= 11 is 0. The van der Waals surface area contributed by atoms with Crippen LogP contribution >= 0.6 is 0 Å². The van der Waals surface area contributed by atoms with Crippen molar-refractivity contribution in [1.82, 2.24) is 0 Å². The van der Waals surface area contributed by atoms with Crippen molar-refractivity contribution >= 4 is 0 Å². The fourth-order valence-corrected chi connectivity index (χ4v) is 0.729. The second kappa shape index (κ2) is 2.99. The fourth-order valence-electron chi connectivity index (χ4n) is 0.729. The molecule has 0 aromatic carbocycles. The summed E-state index contributed by atoms with van der Waals surface area (Å²) in [7, 11) is 0. The van der Waals surface area contributed by atoms with Crippen molar-refractivity contribution in [2.24, 2.45) is 0 Å². The second-order valence-electron chi connectivity index (χ2n) is 2.36. The van der Waals surface area contributed by atoms with Gasteiger partial charge in [-0.25, -0.2) is 0 Å². The molecule has 0 bridgehead atoms. The minimum absolute atomic E-state index is 0.245. The van der Waals surface area contributed by atoms with Gasteiger partial charge in [0.25, 0.3) is 0 Å². The molecule has 0 aliphatic carbocycles. The Kier molecular flexibility index (Phi) is 2.25. The lowest BCUT2D eigenvalue weighted by atomic mass is 10.2. The van der Waals surface area contributed by atoms with Crippen molar-refractivity contribution in [1.29, 1.82) is 0 Å². The highest BCUT2D eigenvalue weighted by Gasteiger charge is 2.18. The predicted molar refractivity (Wildman–Crippen MR) is 35.2 cm³/mol.